The van der Waals surface area contributed by atoms with Crippen molar-refractivity contribution >= 4 is 18.3 Å². The first-order valence-corrected chi connectivity index (χ1v) is 5.90. The molecule has 0 aromatic rings. The number of likely N-dealkylation sites (tertiary alicyclic amines) is 1. The summed E-state index contributed by atoms with van der Waals surface area (Å²) in [6.07, 6.45) is 2.12. The van der Waals surface area contributed by atoms with Crippen LogP contribution in [0.2, 0.25) is 0 Å². The first-order chi connectivity index (χ1) is 7.19. The number of halogens is 1. The fourth-order valence-corrected chi connectivity index (χ4v) is 1.97. The maximum atomic E-state index is 11.7. The van der Waals surface area contributed by atoms with E-state index in [0.29, 0.717) is 5.92 Å². The SMILES string of the molecule is CCCNC(=O)C(C)N1CCC(CN)C1.Cl. The van der Waals surface area contributed by atoms with Gasteiger partial charge >= 0.3 is 0 Å². The number of hydrogen-bond acceptors (Lipinski definition) is 3. The van der Waals surface area contributed by atoms with Gasteiger partial charge in [0, 0.05) is 13.1 Å². The Labute approximate surface area is 104 Å². The standard InChI is InChI=1S/C11H23N3O.ClH/c1-3-5-13-11(15)9(2)14-6-4-10(7-12)8-14;/h9-10H,3-8,12H2,1-2H3,(H,13,15);1H. The van der Waals surface area contributed by atoms with Gasteiger partial charge < -0.3 is 11.1 Å². The molecule has 0 radical (unpaired) electrons. The minimum atomic E-state index is -0.00639. The molecule has 0 spiro atoms. The van der Waals surface area contributed by atoms with Gasteiger partial charge in [0.25, 0.3) is 0 Å². The molecule has 1 aliphatic rings. The lowest BCUT2D eigenvalue weighted by Gasteiger charge is -2.23. The van der Waals surface area contributed by atoms with Gasteiger partial charge in [0.05, 0.1) is 6.04 Å². The molecule has 2 unspecified atom stereocenters. The Balaban J connectivity index is 0.00000225. The molecule has 0 aromatic carbocycles. The lowest BCUT2D eigenvalue weighted by Crippen LogP contribution is -2.44. The molecule has 3 N–H and O–H groups in total. The quantitative estimate of drug-likeness (QED) is 0.751. The number of carbonyl (C=O) groups is 1. The Kier molecular flexibility index (Phi) is 7.72. The van der Waals surface area contributed by atoms with Crippen LogP contribution in [0.5, 0.6) is 0 Å². The molecule has 0 aliphatic carbocycles. The van der Waals surface area contributed by atoms with Crippen LogP contribution >= 0.6 is 12.4 Å². The van der Waals surface area contributed by atoms with Crippen molar-refractivity contribution in [1.29, 1.82) is 0 Å². The molecule has 0 bridgehead atoms. The minimum absolute atomic E-state index is 0. The lowest BCUT2D eigenvalue weighted by molar-refractivity contribution is -0.125. The molecule has 96 valence electrons. The Morgan fingerprint density at radius 2 is 2.31 bits per heavy atom. The summed E-state index contributed by atoms with van der Waals surface area (Å²) in [4.78, 5) is 13.9. The fraction of sp³-hybridized carbons (Fsp3) is 0.909. The summed E-state index contributed by atoms with van der Waals surface area (Å²) >= 11 is 0. The van der Waals surface area contributed by atoms with Gasteiger partial charge in [-0.25, -0.2) is 0 Å². The summed E-state index contributed by atoms with van der Waals surface area (Å²) in [5, 5.41) is 2.93. The number of amides is 1. The van der Waals surface area contributed by atoms with E-state index >= 15 is 0 Å². The second-order valence-corrected chi connectivity index (χ2v) is 4.35. The smallest absolute Gasteiger partial charge is 0.237 e. The fourth-order valence-electron chi connectivity index (χ4n) is 1.97. The van der Waals surface area contributed by atoms with Gasteiger partial charge in [-0.3, -0.25) is 9.69 Å². The van der Waals surface area contributed by atoms with Gasteiger partial charge in [-0.2, -0.15) is 0 Å². The predicted octanol–water partition coefficient (Wildman–Crippen LogP) is 0.604. The summed E-state index contributed by atoms with van der Waals surface area (Å²) in [7, 11) is 0. The van der Waals surface area contributed by atoms with Crippen LogP contribution in [0.3, 0.4) is 0 Å². The van der Waals surface area contributed by atoms with Crippen LogP contribution in [0, 0.1) is 5.92 Å². The van der Waals surface area contributed by atoms with Crippen LogP contribution in [-0.2, 0) is 4.79 Å². The van der Waals surface area contributed by atoms with Gasteiger partial charge in [0.15, 0.2) is 0 Å². The summed E-state index contributed by atoms with van der Waals surface area (Å²) < 4.78 is 0. The Bertz CT molecular complexity index is 213. The highest BCUT2D eigenvalue weighted by molar-refractivity contribution is 5.85. The number of carbonyl (C=O) groups excluding carboxylic acids is 1. The van der Waals surface area contributed by atoms with E-state index in [1.807, 2.05) is 6.92 Å². The average molecular weight is 250 g/mol. The zero-order valence-corrected chi connectivity index (χ0v) is 11.1. The minimum Gasteiger partial charge on any atom is -0.355 e. The van der Waals surface area contributed by atoms with Crippen LogP contribution < -0.4 is 11.1 Å². The normalized spacial score (nSPS) is 22.6. The van der Waals surface area contributed by atoms with E-state index in [4.69, 9.17) is 5.73 Å². The summed E-state index contributed by atoms with van der Waals surface area (Å²) in [6.45, 7) is 7.52. The van der Waals surface area contributed by atoms with Crippen molar-refractivity contribution in [3.63, 3.8) is 0 Å². The van der Waals surface area contributed by atoms with Crippen molar-refractivity contribution < 1.29 is 4.79 Å². The molecular formula is C11H24ClN3O. The van der Waals surface area contributed by atoms with E-state index < -0.39 is 0 Å². The molecule has 0 saturated carbocycles. The number of nitrogens with zero attached hydrogens (tertiary/aromatic N) is 1. The van der Waals surface area contributed by atoms with Gasteiger partial charge in [0.2, 0.25) is 5.91 Å². The van der Waals surface area contributed by atoms with Crippen molar-refractivity contribution in [2.75, 3.05) is 26.2 Å². The first-order valence-electron chi connectivity index (χ1n) is 5.90. The largest absolute Gasteiger partial charge is 0.355 e. The average Bonchev–Trinajstić information content (AvgIpc) is 2.73. The number of nitrogens with two attached hydrogens (primary N) is 1. The third-order valence-electron chi connectivity index (χ3n) is 3.13. The Morgan fingerprint density at radius 1 is 1.62 bits per heavy atom. The van der Waals surface area contributed by atoms with Crippen LogP contribution in [-0.4, -0.2) is 43.0 Å². The second kappa shape index (κ2) is 7.87. The maximum Gasteiger partial charge on any atom is 0.237 e. The Morgan fingerprint density at radius 3 is 2.81 bits per heavy atom. The van der Waals surface area contributed by atoms with Crippen LogP contribution in [0.15, 0.2) is 0 Å². The molecule has 1 amide bonds. The number of nitrogens with one attached hydrogen (secondary N) is 1. The van der Waals surface area contributed by atoms with Crippen molar-refractivity contribution in [3.8, 4) is 0 Å². The van der Waals surface area contributed by atoms with E-state index in [1.165, 1.54) is 0 Å². The van der Waals surface area contributed by atoms with Crippen LogP contribution in [0.1, 0.15) is 26.7 Å². The molecular weight excluding hydrogens is 226 g/mol. The molecule has 2 atom stereocenters. The highest BCUT2D eigenvalue weighted by Crippen LogP contribution is 2.17. The van der Waals surface area contributed by atoms with E-state index in [-0.39, 0.29) is 24.4 Å². The molecule has 4 nitrogen and oxygen atoms in total. The number of rotatable bonds is 5. The summed E-state index contributed by atoms with van der Waals surface area (Å²) in [5.41, 5.74) is 5.63. The Hall–Kier alpha value is -0.320. The first kappa shape index (κ1) is 15.7. The molecule has 1 saturated heterocycles. The van der Waals surface area contributed by atoms with E-state index in [1.54, 1.807) is 0 Å². The molecule has 1 aliphatic heterocycles. The van der Waals surface area contributed by atoms with Gasteiger partial charge in [0.1, 0.15) is 0 Å². The third-order valence-corrected chi connectivity index (χ3v) is 3.13. The van der Waals surface area contributed by atoms with Crippen molar-refractivity contribution in [1.82, 2.24) is 10.2 Å². The molecule has 1 rings (SSSR count). The molecule has 1 fully saturated rings. The zero-order chi connectivity index (χ0) is 11.3. The zero-order valence-electron chi connectivity index (χ0n) is 10.2. The molecule has 1 heterocycles. The third kappa shape index (κ3) is 4.28. The highest BCUT2D eigenvalue weighted by Gasteiger charge is 2.28. The predicted molar refractivity (Wildman–Crippen MR) is 68.7 cm³/mol. The number of hydrogen-bond donors (Lipinski definition) is 2. The second-order valence-electron chi connectivity index (χ2n) is 4.35. The van der Waals surface area contributed by atoms with Crippen LogP contribution in [0.4, 0.5) is 0 Å². The lowest BCUT2D eigenvalue weighted by atomic mass is 10.1. The van der Waals surface area contributed by atoms with Crippen LogP contribution in [0.25, 0.3) is 0 Å². The molecule has 0 aromatic heterocycles. The van der Waals surface area contributed by atoms with E-state index in [0.717, 1.165) is 39.0 Å². The summed E-state index contributed by atoms with van der Waals surface area (Å²) in [5.74, 6) is 0.723. The summed E-state index contributed by atoms with van der Waals surface area (Å²) in [6, 6.07) is -0.00639. The topological polar surface area (TPSA) is 58.4 Å². The highest BCUT2D eigenvalue weighted by atomic mass is 35.5. The van der Waals surface area contributed by atoms with Gasteiger partial charge in [-0.1, -0.05) is 6.92 Å². The van der Waals surface area contributed by atoms with Crippen molar-refractivity contribution in [2.45, 2.75) is 32.7 Å². The van der Waals surface area contributed by atoms with E-state index in [2.05, 4.69) is 17.1 Å². The van der Waals surface area contributed by atoms with Gasteiger partial charge in [-0.05, 0) is 38.8 Å². The van der Waals surface area contributed by atoms with Crippen molar-refractivity contribution in [3.05, 3.63) is 0 Å². The van der Waals surface area contributed by atoms with Crippen molar-refractivity contribution in [2.24, 2.45) is 11.7 Å². The molecule has 5 heteroatoms. The maximum absolute atomic E-state index is 11.7. The monoisotopic (exact) mass is 249 g/mol. The molecule has 16 heavy (non-hydrogen) atoms. The van der Waals surface area contributed by atoms with Gasteiger partial charge in [-0.15, -0.1) is 12.4 Å². The van der Waals surface area contributed by atoms with E-state index in [9.17, 15) is 4.79 Å².